The van der Waals surface area contributed by atoms with E-state index in [9.17, 15) is 0 Å². The largest absolute Gasteiger partial charge is 0.496 e. The molecule has 0 saturated carbocycles. The van der Waals surface area contributed by atoms with E-state index in [1.54, 1.807) is 7.11 Å². The highest BCUT2D eigenvalue weighted by Gasteiger charge is 2.20. The molecule has 1 aromatic carbocycles. The van der Waals surface area contributed by atoms with Gasteiger partial charge in [0.15, 0.2) is 0 Å². The number of morpholine rings is 1. The molecule has 1 unspecified atom stereocenters. The summed E-state index contributed by atoms with van der Waals surface area (Å²) in [4.78, 5) is 2.28. The summed E-state index contributed by atoms with van der Waals surface area (Å²) in [5.41, 5.74) is 1.17. The minimum atomic E-state index is -0.0570. The lowest BCUT2D eigenvalue weighted by Gasteiger charge is -2.32. The van der Waals surface area contributed by atoms with Crippen molar-refractivity contribution in [3.05, 3.63) is 29.8 Å². The number of hydrogen-bond acceptors (Lipinski definition) is 4. The SMILES string of the molecule is COc1ccccc1CN1CCOC(CO)C1. The van der Waals surface area contributed by atoms with Crippen LogP contribution < -0.4 is 4.74 Å². The molecule has 0 spiro atoms. The molecule has 1 heterocycles. The third-order valence-corrected chi connectivity index (χ3v) is 3.01. The molecule has 1 fully saturated rings. The minimum Gasteiger partial charge on any atom is -0.496 e. The zero-order chi connectivity index (χ0) is 12.1. The first-order chi connectivity index (χ1) is 8.33. The van der Waals surface area contributed by atoms with E-state index in [1.807, 2.05) is 18.2 Å². The number of aliphatic hydroxyl groups excluding tert-OH is 1. The number of rotatable bonds is 4. The molecule has 0 bridgehead atoms. The molecule has 1 aromatic rings. The van der Waals surface area contributed by atoms with Crippen LogP contribution in [0.2, 0.25) is 0 Å². The molecule has 1 N–H and O–H groups in total. The van der Waals surface area contributed by atoms with Gasteiger partial charge in [0, 0.05) is 25.2 Å². The normalized spacial score (nSPS) is 21.4. The predicted molar refractivity (Wildman–Crippen MR) is 65.1 cm³/mol. The summed E-state index contributed by atoms with van der Waals surface area (Å²) in [6.45, 7) is 3.27. The summed E-state index contributed by atoms with van der Waals surface area (Å²) in [6.07, 6.45) is -0.0570. The number of nitrogens with zero attached hydrogens (tertiary/aromatic N) is 1. The maximum absolute atomic E-state index is 9.10. The maximum atomic E-state index is 9.10. The molecule has 17 heavy (non-hydrogen) atoms. The van der Waals surface area contributed by atoms with Crippen molar-refractivity contribution in [3.63, 3.8) is 0 Å². The van der Waals surface area contributed by atoms with Crippen LogP contribution in [0.3, 0.4) is 0 Å². The van der Waals surface area contributed by atoms with Gasteiger partial charge in [-0.05, 0) is 6.07 Å². The first-order valence-corrected chi connectivity index (χ1v) is 5.90. The van der Waals surface area contributed by atoms with Crippen molar-refractivity contribution in [2.75, 3.05) is 33.4 Å². The Morgan fingerprint density at radius 2 is 2.29 bits per heavy atom. The summed E-state index contributed by atoms with van der Waals surface area (Å²) < 4.78 is 10.8. The van der Waals surface area contributed by atoms with E-state index in [0.717, 1.165) is 25.4 Å². The Balaban J connectivity index is 2.00. The molecule has 1 atom stereocenters. The second-order valence-electron chi connectivity index (χ2n) is 4.22. The molecule has 94 valence electrons. The predicted octanol–water partition coefficient (Wildman–Crippen LogP) is 0.888. The molecule has 1 aliphatic heterocycles. The Kier molecular flexibility index (Phi) is 4.36. The molecule has 1 aliphatic rings. The van der Waals surface area contributed by atoms with E-state index in [2.05, 4.69) is 11.0 Å². The van der Waals surface area contributed by atoms with Gasteiger partial charge < -0.3 is 14.6 Å². The Bertz CT molecular complexity index is 356. The molecule has 0 aromatic heterocycles. The van der Waals surface area contributed by atoms with Gasteiger partial charge in [0.1, 0.15) is 5.75 Å². The van der Waals surface area contributed by atoms with Crippen LogP contribution in [0.1, 0.15) is 5.56 Å². The lowest BCUT2D eigenvalue weighted by molar-refractivity contribution is -0.0552. The Hall–Kier alpha value is -1.10. The van der Waals surface area contributed by atoms with Crippen molar-refractivity contribution >= 4 is 0 Å². The van der Waals surface area contributed by atoms with E-state index in [4.69, 9.17) is 14.6 Å². The van der Waals surface area contributed by atoms with E-state index in [1.165, 1.54) is 5.56 Å². The maximum Gasteiger partial charge on any atom is 0.123 e. The smallest absolute Gasteiger partial charge is 0.123 e. The summed E-state index contributed by atoms with van der Waals surface area (Å²) >= 11 is 0. The van der Waals surface area contributed by atoms with Gasteiger partial charge in [0.25, 0.3) is 0 Å². The van der Waals surface area contributed by atoms with E-state index in [-0.39, 0.29) is 12.7 Å². The van der Waals surface area contributed by atoms with Crippen molar-refractivity contribution in [2.45, 2.75) is 12.6 Å². The topological polar surface area (TPSA) is 41.9 Å². The minimum absolute atomic E-state index is 0.0570. The highest BCUT2D eigenvalue weighted by Crippen LogP contribution is 2.20. The van der Waals surface area contributed by atoms with Gasteiger partial charge in [-0.2, -0.15) is 0 Å². The molecule has 0 radical (unpaired) electrons. The monoisotopic (exact) mass is 237 g/mol. The van der Waals surface area contributed by atoms with Gasteiger partial charge in [0.05, 0.1) is 26.4 Å². The Morgan fingerprint density at radius 3 is 3.06 bits per heavy atom. The first kappa shape index (κ1) is 12.4. The summed E-state index contributed by atoms with van der Waals surface area (Å²) in [7, 11) is 1.69. The zero-order valence-electron chi connectivity index (χ0n) is 10.1. The van der Waals surface area contributed by atoms with E-state index >= 15 is 0 Å². The van der Waals surface area contributed by atoms with Crippen molar-refractivity contribution in [3.8, 4) is 5.75 Å². The number of ether oxygens (including phenoxy) is 2. The standard InChI is InChI=1S/C13H19NO3/c1-16-13-5-3-2-4-11(13)8-14-6-7-17-12(9-14)10-15/h2-5,12,15H,6-10H2,1H3. The van der Waals surface area contributed by atoms with Crippen molar-refractivity contribution in [2.24, 2.45) is 0 Å². The van der Waals surface area contributed by atoms with Gasteiger partial charge >= 0.3 is 0 Å². The molecule has 0 aliphatic carbocycles. The van der Waals surface area contributed by atoms with Crippen molar-refractivity contribution in [1.82, 2.24) is 4.90 Å². The number of benzene rings is 1. The van der Waals surface area contributed by atoms with Crippen LogP contribution in [0.5, 0.6) is 5.75 Å². The fourth-order valence-corrected chi connectivity index (χ4v) is 2.11. The molecular weight excluding hydrogens is 218 g/mol. The van der Waals surface area contributed by atoms with Crippen LogP contribution in [-0.4, -0.2) is 49.5 Å². The van der Waals surface area contributed by atoms with Crippen LogP contribution in [-0.2, 0) is 11.3 Å². The molecule has 2 rings (SSSR count). The van der Waals surface area contributed by atoms with Gasteiger partial charge in [-0.1, -0.05) is 18.2 Å². The van der Waals surface area contributed by atoms with Crippen molar-refractivity contribution in [1.29, 1.82) is 0 Å². The van der Waals surface area contributed by atoms with Crippen LogP contribution in [0, 0.1) is 0 Å². The fraction of sp³-hybridized carbons (Fsp3) is 0.538. The molecular formula is C13H19NO3. The van der Waals surface area contributed by atoms with Crippen LogP contribution >= 0.6 is 0 Å². The lowest BCUT2D eigenvalue weighted by atomic mass is 10.1. The Morgan fingerprint density at radius 1 is 1.47 bits per heavy atom. The first-order valence-electron chi connectivity index (χ1n) is 5.90. The number of aliphatic hydroxyl groups is 1. The van der Waals surface area contributed by atoms with Gasteiger partial charge in [-0.25, -0.2) is 0 Å². The summed E-state index contributed by atoms with van der Waals surface area (Å²) in [5.74, 6) is 0.916. The summed E-state index contributed by atoms with van der Waals surface area (Å²) in [5, 5.41) is 9.10. The number of hydrogen-bond donors (Lipinski definition) is 1. The van der Waals surface area contributed by atoms with Crippen LogP contribution in [0.15, 0.2) is 24.3 Å². The molecule has 4 heteroatoms. The van der Waals surface area contributed by atoms with Gasteiger partial charge in [-0.3, -0.25) is 4.90 Å². The lowest BCUT2D eigenvalue weighted by Crippen LogP contribution is -2.43. The highest BCUT2D eigenvalue weighted by atomic mass is 16.5. The number of methoxy groups -OCH3 is 1. The van der Waals surface area contributed by atoms with Gasteiger partial charge in [-0.15, -0.1) is 0 Å². The van der Waals surface area contributed by atoms with E-state index in [0.29, 0.717) is 6.61 Å². The average Bonchev–Trinajstić information content (AvgIpc) is 2.39. The van der Waals surface area contributed by atoms with Gasteiger partial charge in [0.2, 0.25) is 0 Å². The molecule has 4 nitrogen and oxygen atoms in total. The quantitative estimate of drug-likeness (QED) is 0.844. The fourth-order valence-electron chi connectivity index (χ4n) is 2.11. The summed E-state index contributed by atoms with van der Waals surface area (Å²) in [6, 6.07) is 8.03. The van der Waals surface area contributed by atoms with E-state index < -0.39 is 0 Å². The zero-order valence-corrected chi connectivity index (χ0v) is 10.1. The van der Waals surface area contributed by atoms with Crippen LogP contribution in [0.25, 0.3) is 0 Å². The van der Waals surface area contributed by atoms with Crippen molar-refractivity contribution < 1.29 is 14.6 Å². The molecule has 0 amide bonds. The second-order valence-corrected chi connectivity index (χ2v) is 4.22. The highest BCUT2D eigenvalue weighted by molar-refractivity contribution is 5.33. The van der Waals surface area contributed by atoms with Crippen LogP contribution in [0.4, 0.5) is 0 Å². The molecule has 1 saturated heterocycles. The second kappa shape index (κ2) is 6.00. The third kappa shape index (κ3) is 3.19. The average molecular weight is 237 g/mol. The Labute approximate surface area is 102 Å². The third-order valence-electron chi connectivity index (χ3n) is 3.01. The number of para-hydroxylation sites is 1.